The van der Waals surface area contributed by atoms with Crippen LogP contribution in [0.5, 0.6) is 0 Å². The summed E-state index contributed by atoms with van der Waals surface area (Å²) in [7, 11) is 0. The molecule has 3 heterocycles. The van der Waals surface area contributed by atoms with Gasteiger partial charge in [0, 0.05) is 31.4 Å². The molecule has 21 heavy (non-hydrogen) atoms. The van der Waals surface area contributed by atoms with E-state index in [4.69, 9.17) is 4.74 Å². The van der Waals surface area contributed by atoms with Gasteiger partial charge < -0.3 is 14.5 Å². The van der Waals surface area contributed by atoms with Gasteiger partial charge >= 0.3 is 0 Å². The maximum Gasteiger partial charge on any atom is 0.138 e. The number of nitrogens with zero attached hydrogens (tertiary/aromatic N) is 4. The van der Waals surface area contributed by atoms with Crippen LogP contribution in [-0.2, 0) is 11.2 Å². The van der Waals surface area contributed by atoms with Crippen LogP contribution in [0.15, 0.2) is 36.7 Å². The molecule has 2 aliphatic heterocycles. The zero-order chi connectivity index (χ0) is 14.1. The van der Waals surface area contributed by atoms with E-state index in [2.05, 4.69) is 50.1 Å². The van der Waals surface area contributed by atoms with E-state index in [9.17, 15) is 0 Å². The molecule has 4 rings (SSSR count). The lowest BCUT2D eigenvalue weighted by molar-refractivity contribution is 0.122. The first kappa shape index (κ1) is 12.6. The molecule has 5 heteroatoms. The Morgan fingerprint density at radius 1 is 0.952 bits per heavy atom. The van der Waals surface area contributed by atoms with Gasteiger partial charge in [-0.25, -0.2) is 9.97 Å². The third-order valence-corrected chi connectivity index (χ3v) is 4.14. The Bertz CT molecular complexity index is 640. The number of anilines is 3. The van der Waals surface area contributed by atoms with E-state index in [0.29, 0.717) is 0 Å². The summed E-state index contributed by atoms with van der Waals surface area (Å²) >= 11 is 0. The lowest BCUT2D eigenvalue weighted by Crippen LogP contribution is -2.36. The Morgan fingerprint density at radius 2 is 1.76 bits per heavy atom. The minimum absolute atomic E-state index is 0.770. The fourth-order valence-electron chi connectivity index (χ4n) is 3.03. The van der Waals surface area contributed by atoms with Crippen LogP contribution >= 0.6 is 0 Å². The molecule has 0 amide bonds. The van der Waals surface area contributed by atoms with Crippen molar-refractivity contribution in [2.45, 2.75) is 6.42 Å². The molecule has 2 aliphatic rings. The van der Waals surface area contributed by atoms with Crippen molar-refractivity contribution in [3.05, 3.63) is 42.2 Å². The lowest BCUT2D eigenvalue weighted by Gasteiger charge is -2.28. The fraction of sp³-hybridized carbons (Fsp3) is 0.375. The molecule has 5 nitrogen and oxygen atoms in total. The molecule has 0 radical (unpaired) electrons. The number of fused-ring (bicyclic) bond motifs is 1. The summed E-state index contributed by atoms with van der Waals surface area (Å²) in [5.41, 5.74) is 2.66. The third-order valence-electron chi connectivity index (χ3n) is 4.14. The number of benzene rings is 1. The van der Waals surface area contributed by atoms with Crippen molar-refractivity contribution in [2.24, 2.45) is 0 Å². The summed E-state index contributed by atoms with van der Waals surface area (Å²) in [5, 5.41) is 0. The zero-order valence-electron chi connectivity index (χ0n) is 11.9. The van der Waals surface area contributed by atoms with Crippen molar-refractivity contribution >= 4 is 17.3 Å². The van der Waals surface area contributed by atoms with E-state index in [1.54, 1.807) is 6.33 Å². The van der Waals surface area contributed by atoms with Crippen molar-refractivity contribution in [3.8, 4) is 0 Å². The van der Waals surface area contributed by atoms with Gasteiger partial charge in [0.2, 0.25) is 0 Å². The summed E-state index contributed by atoms with van der Waals surface area (Å²) < 4.78 is 5.40. The second kappa shape index (κ2) is 5.33. The Hall–Kier alpha value is -2.14. The molecular weight excluding hydrogens is 264 g/mol. The third kappa shape index (κ3) is 2.34. The van der Waals surface area contributed by atoms with Gasteiger partial charge in [-0.15, -0.1) is 0 Å². The molecule has 1 aromatic heterocycles. The SMILES string of the molecule is c1ccc2c(c1)CCN2c1cc(N2CCOCC2)ncn1. The molecule has 0 spiro atoms. The van der Waals surface area contributed by atoms with E-state index in [1.165, 1.54) is 11.3 Å². The summed E-state index contributed by atoms with van der Waals surface area (Å²) in [4.78, 5) is 13.4. The number of para-hydroxylation sites is 1. The van der Waals surface area contributed by atoms with Gasteiger partial charge in [0.15, 0.2) is 0 Å². The van der Waals surface area contributed by atoms with Crippen molar-refractivity contribution in [1.29, 1.82) is 0 Å². The minimum atomic E-state index is 0.770. The Labute approximate surface area is 124 Å². The molecule has 2 aromatic rings. The maximum absolute atomic E-state index is 5.40. The molecule has 108 valence electrons. The number of ether oxygens (including phenoxy) is 1. The van der Waals surface area contributed by atoms with E-state index in [-0.39, 0.29) is 0 Å². The summed E-state index contributed by atoms with van der Waals surface area (Å²) in [5.74, 6) is 1.98. The maximum atomic E-state index is 5.40. The quantitative estimate of drug-likeness (QED) is 0.843. The topological polar surface area (TPSA) is 41.5 Å². The predicted molar refractivity (Wildman–Crippen MR) is 82.2 cm³/mol. The first-order valence-electron chi connectivity index (χ1n) is 7.42. The van der Waals surface area contributed by atoms with Gasteiger partial charge in [-0.05, 0) is 18.1 Å². The summed E-state index contributed by atoms with van der Waals surface area (Å²) in [6.45, 7) is 4.32. The standard InChI is InChI=1S/C16H18N4O/c1-2-4-14-13(3-1)5-6-20(14)16-11-15(17-12-18-16)19-7-9-21-10-8-19/h1-4,11-12H,5-10H2. The highest BCUT2D eigenvalue weighted by Gasteiger charge is 2.22. The molecule has 0 unspecified atom stereocenters. The van der Waals surface area contributed by atoms with E-state index in [1.807, 2.05) is 0 Å². The monoisotopic (exact) mass is 282 g/mol. The average molecular weight is 282 g/mol. The average Bonchev–Trinajstić information content (AvgIpc) is 3.00. The van der Waals surface area contributed by atoms with Crippen molar-refractivity contribution in [1.82, 2.24) is 9.97 Å². The number of hydrogen-bond donors (Lipinski definition) is 0. The van der Waals surface area contributed by atoms with Gasteiger partial charge in [-0.2, -0.15) is 0 Å². The Morgan fingerprint density at radius 3 is 2.67 bits per heavy atom. The van der Waals surface area contributed by atoms with Crippen LogP contribution in [0, 0.1) is 0 Å². The second-order valence-corrected chi connectivity index (χ2v) is 5.36. The number of hydrogen-bond acceptors (Lipinski definition) is 5. The first-order chi connectivity index (χ1) is 10.4. The Balaban J connectivity index is 1.64. The largest absolute Gasteiger partial charge is 0.378 e. The van der Waals surface area contributed by atoms with Gasteiger partial charge in [0.1, 0.15) is 18.0 Å². The van der Waals surface area contributed by atoms with E-state index < -0.39 is 0 Å². The van der Waals surface area contributed by atoms with E-state index in [0.717, 1.165) is 50.9 Å². The van der Waals surface area contributed by atoms with Gasteiger partial charge in [0.05, 0.1) is 13.2 Å². The van der Waals surface area contributed by atoms with Gasteiger partial charge in [-0.1, -0.05) is 18.2 Å². The Kier molecular flexibility index (Phi) is 3.20. The molecule has 1 saturated heterocycles. The lowest BCUT2D eigenvalue weighted by atomic mass is 10.2. The van der Waals surface area contributed by atoms with Crippen LogP contribution in [0.1, 0.15) is 5.56 Å². The predicted octanol–water partition coefficient (Wildman–Crippen LogP) is 2.01. The van der Waals surface area contributed by atoms with Gasteiger partial charge in [-0.3, -0.25) is 0 Å². The molecular formula is C16H18N4O. The smallest absolute Gasteiger partial charge is 0.138 e. The molecule has 0 saturated carbocycles. The molecule has 1 fully saturated rings. The van der Waals surface area contributed by atoms with Crippen molar-refractivity contribution in [3.63, 3.8) is 0 Å². The van der Waals surface area contributed by atoms with Crippen LogP contribution < -0.4 is 9.80 Å². The fourth-order valence-corrected chi connectivity index (χ4v) is 3.03. The first-order valence-corrected chi connectivity index (χ1v) is 7.42. The number of aromatic nitrogens is 2. The highest BCUT2D eigenvalue weighted by atomic mass is 16.5. The summed E-state index contributed by atoms with van der Waals surface area (Å²) in [6.07, 6.45) is 2.74. The van der Waals surface area contributed by atoms with Crippen LogP contribution in [-0.4, -0.2) is 42.8 Å². The number of rotatable bonds is 2. The van der Waals surface area contributed by atoms with Crippen LogP contribution in [0.25, 0.3) is 0 Å². The normalized spacial score (nSPS) is 17.9. The molecule has 0 bridgehead atoms. The highest BCUT2D eigenvalue weighted by Crippen LogP contribution is 2.33. The van der Waals surface area contributed by atoms with Crippen LogP contribution in [0.3, 0.4) is 0 Å². The molecule has 1 aromatic carbocycles. The van der Waals surface area contributed by atoms with Crippen LogP contribution in [0.4, 0.5) is 17.3 Å². The molecule has 0 aliphatic carbocycles. The molecule has 0 N–H and O–H groups in total. The molecule has 0 atom stereocenters. The zero-order valence-corrected chi connectivity index (χ0v) is 11.9. The van der Waals surface area contributed by atoms with E-state index >= 15 is 0 Å². The second-order valence-electron chi connectivity index (χ2n) is 5.36. The summed E-state index contributed by atoms with van der Waals surface area (Å²) in [6, 6.07) is 10.6. The number of morpholine rings is 1. The highest BCUT2D eigenvalue weighted by molar-refractivity contribution is 5.68. The minimum Gasteiger partial charge on any atom is -0.378 e. The van der Waals surface area contributed by atoms with Crippen molar-refractivity contribution in [2.75, 3.05) is 42.6 Å². The van der Waals surface area contributed by atoms with Gasteiger partial charge in [0.25, 0.3) is 0 Å². The van der Waals surface area contributed by atoms with Crippen LogP contribution in [0.2, 0.25) is 0 Å². The van der Waals surface area contributed by atoms with Crippen molar-refractivity contribution < 1.29 is 4.74 Å².